The number of hydrogen-bond acceptors (Lipinski definition) is 6. The zero-order valence-electron chi connectivity index (χ0n) is 14.7. The summed E-state index contributed by atoms with van der Waals surface area (Å²) in [6, 6.07) is 8.91. The van der Waals surface area contributed by atoms with E-state index in [4.69, 9.17) is 0 Å². The third kappa shape index (κ3) is 4.54. The lowest BCUT2D eigenvalue weighted by atomic mass is 10.2. The Balaban J connectivity index is 1.76. The molecule has 2 N–H and O–H groups in total. The van der Waals surface area contributed by atoms with Crippen LogP contribution >= 0.6 is 0 Å². The molecule has 0 unspecified atom stereocenters. The fourth-order valence-corrected chi connectivity index (χ4v) is 3.60. The van der Waals surface area contributed by atoms with Gasteiger partial charge in [-0.2, -0.15) is 5.10 Å². The van der Waals surface area contributed by atoms with Crippen molar-refractivity contribution in [3.63, 3.8) is 0 Å². The molecule has 0 aliphatic rings. The van der Waals surface area contributed by atoms with Crippen LogP contribution in [0.3, 0.4) is 0 Å². The first-order valence-electron chi connectivity index (χ1n) is 8.10. The van der Waals surface area contributed by atoms with Crippen LogP contribution in [0.4, 0.5) is 5.82 Å². The van der Waals surface area contributed by atoms with Gasteiger partial charge in [-0.05, 0) is 44.2 Å². The average Bonchev–Trinajstić information content (AvgIpc) is 3.16. The topological polar surface area (TPSA) is 119 Å². The minimum Gasteiger partial charge on any atom is -0.307 e. The molecule has 0 saturated heterocycles. The second-order valence-electron chi connectivity index (χ2n) is 6.00. The number of rotatable bonds is 6. The number of nitrogens with zero attached hydrogens (tertiary/aromatic N) is 4. The molecule has 140 valence electrons. The summed E-state index contributed by atoms with van der Waals surface area (Å²) in [4.78, 5) is 20.5. The van der Waals surface area contributed by atoms with Gasteiger partial charge in [0.25, 0.3) is 5.91 Å². The van der Waals surface area contributed by atoms with Crippen molar-refractivity contribution in [2.24, 2.45) is 0 Å². The van der Waals surface area contributed by atoms with Gasteiger partial charge >= 0.3 is 0 Å². The van der Waals surface area contributed by atoms with Gasteiger partial charge in [0.05, 0.1) is 16.8 Å². The van der Waals surface area contributed by atoms with E-state index in [0.717, 1.165) is 0 Å². The number of hydrogen-bond donors (Lipinski definition) is 2. The maximum Gasteiger partial charge on any atom is 0.256 e. The first-order chi connectivity index (χ1) is 12.8. The molecule has 0 atom stereocenters. The lowest BCUT2D eigenvalue weighted by Crippen LogP contribution is -2.30. The largest absolute Gasteiger partial charge is 0.307 e. The van der Waals surface area contributed by atoms with Gasteiger partial charge in [-0.1, -0.05) is 6.07 Å². The Bertz CT molecular complexity index is 1030. The zero-order valence-corrected chi connectivity index (χ0v) is 15.5. The lowest BCUT2D eigenvalue weighted by molar-refractivity contribution is 0.102. The molecule has 0 fully saturated rings. The molecule has 0 saturated carbocycles. The van der Waals surface area contributed by atoms with Crippen LogP contribution in [0.2, 0.25) is 0 Å². The molecule has 0 aliphatic carbocycles. The highest BCUT2D eigenvalue weighted by atomic mass is 32.2. The number of benzene rings is 1. The van der Waals surface area contributed by atoms with Crippen LogP contribution in [-0.2, 0) is 10.0 Å². The van der Waals surface area contributed by atoms with E-state index < -0.39 is 15.9 Å². The number of nitrogens with one attached hydrogen (secondary N) is 2. The normalized spacial score (nSPS) is 11.5. The summed E-state index contributed by atoms with van der Waals surface area (Å²) in [7, 11) is -3.68. The Kier molecular flexibility index (Phi) is 5.28. The fourth-order valence-electron chi connectivity index (χ4n) is 2.31. The van der Waals surface area contributed by atoms with Gasteiger partial charge < -0.3 is 5.32 Å². The van der Waals surface area contributed by atoms with Gasteiger partial charge in [-0.15, -0.1) is 0 Å². The predicted octanol–water partition coefficient (Wildman–Crippen LogP) is 1.60. The van der Waals surface area contributed by atoms with Gasteiger partial charge in [0.2, 0.25) is 10.0 Å². The fraction of sp³-hybridized carbons (Fsp3) is 0.176. The van der Waals surface area contributed by atoms with Gasteiger partial charge in [0.15, 0.2) is 0 Å². The highest BCUT2D eigenvalue weighted by Gasteiger charge is 2.17. The molecule has 0 bridgehead atoms. The van der Waals surface area contributed by atoms with E-state index in [2.05, 4.69) is 25.1 Å². The number of amides is 1. The number of carbonyl (C=O) groups is 1. The molecule has 2 heterocycles. The maximum atomic E-state index is 12.4. The summed E-state index contributed by atoms with van der Waals surface area (Å²) in [5.74, 6) is -0.130. The smallest absolute Gasteiger partial charge is 0.256 e. The van der Waals surface area contributed by atoms with E-state index in [0.29, 0.717) is 11.5 Å². The van der Waals surface area contributed by atoms with E-state index in [1.54, 1.807) is 26.0 Å². The number of sulfonamides is 1. The Morgan fingerprint density at radius 2 is 2.00 bits per heavy atom. The molecule has 3 rings (SSSR count). The molecular weight excluding hydrogens is 368 g/mol. The Morgan fingerprint density at radius 1 is 1.19 bits per heavy atom. The molecule has 3 aromatic rings. The minimum absolute atomic E-state index is 0.0262. The number of aromatic nitrogens is 4. The Labute approximate surface area is 156 Å². The summed E-state index contributed by atoms with van der Waals surface area (Å²) in [5.41, 5.74) is 0.905. The summed E-state index contributed by atoms with van der Waals surface area (Å²) in [6.45, 7) is 3.45. The maximum absolute atomic E-state index is 12.4. The van der Waals surface area contributed by atoms with Crippen LogP contribution in [0.5, 0.6) is 0 Å². The molecular formula is C17H18N6O3S. The van der Waals surface area contributed by atoms with Crippen molar-refractivity contribution in [2.45, 2.75) is 24.8 Å². The first-order valence-corrected chi connectivity index (χ1v) is 9.58. The molecule has 2 aromatic heterocycles. The lowest BCUT2D eigenvalue weighted by Gasteiger charge is -2.11. The molecule has 27 heavy (non-hydrogen) atoms. The van der Waals surface area contributed by atoms with Crippen LogP contribution in [0.1, 0.15) is 24.2 Å². The van der Waals surface area contributed by atoms with Gasteiger partial charge in [-0.3, -0.25) is 4.79 Å². The summed E-state index contributed by atoms with van der Waals surface area (Å²) < 4.78 is 28.5. The van der Waals surface area contributed by atoms with Gasteiger partial charge in [0.1, 0.15) is 18.5 Å². The number of pyridine rings is 1. The van der Waals surface area contributed by atoms with Crippen molar-refractivity contribution in [3.05, 3.63) is 60.8 Å². The van der Waals surface area contributed by atoms with Crippen LogP contribution in [-0.4, -0.2) is 40.1 Å². The monoisotopic (exact) mass is 386 g/mol. The van der Waals surface area contributed by atoms with Gasteiger partial charge in [0, 0.05) is 11.6 Å². The second-order valence-corrected chi connectivity index (χ2v) is 7.71. The van der Waals surface area contributed by atoms with Crippen molar-refractivity contribution in [3.8, 4) is 5.69 Å². The zero-order chi connectivity index (χ0) is 19.4. The highest BCUT2D eigenvalue weighted by Crippen LogP contribution is 2.14. The van der Waals surface area contributed by atoms with E-state index in [-0.39, 0.29) is 16.5 Å². The number of carbonyl (C=O) groups excluding carboxylic acids is 1. The van der Waals surface area contributed by atoms with Crippen LogP contribution in [0, 0.1) is 0 Å². The summed E-state index contributed by atoms with van der Waals surface area (Å²) in [5, 5.41) is 6.63. The van der Waals surface area contributed by atoms with E-state index in [9.17, 15) is 13.2 Å². The van der Waals surface area contributed by atoms with Crippen LogP contribution in [0.25, 0.3) is 5.69 Å². The van der Waals surface area contributed by atoms with Gasteiger partial charge in [-0.25, -0.2) is 27.8 Å². The standard InChI is InChI=1S/C17H18N6O3S/c1-12(2)22-27(25,26)15-5-3-4-13(8-15)17(24)21-16-7-6-14(9-19-16)23-11-18-10-20-23/h3-12,22H,1-2H3,(H,19,21,24). The van der Waals surface area contributed by atoms with Crippen molar-refractivity contribution < 1.29 is 13.2 Å². The van der Waals surface area contributed by atoms with Crippen molar-refractivity contribution in [1.29, 1.82) is 0 Å². The quantitative estimate of drug-likeness (QED) is 0.664. The highest BCUT2D eigenvalue weighted by molar-refractivity contribution is 7.89. The first kappa shape index (κ1) is 18.7. The van der Waals surface area contributed by atoms with E-state index in [1.165, 1.54) is 47.8 Å². The third-order valence-electron chi connectivity index (χ3n) is 3.47. The third-order valence-corrected chi connectivity index (χ3v) is 5.13. The van der Waals surface area contributed by atoms with Crippen LogP contribution in [0.15, 0.2) is 60.1 Å². The van der Waals surface area contributed by atoms with Crippen molar-refractivity contribution >= 4 is 21.7 Å². The van der Waals surface area contributed by atoms with Crippen molar-refractivity contribution in [2.75, 3.05) is 5.32 Å². The molecule has 1 aromatic carbocycles. The number of anilines is 1. The molecule has 0 radical (unpaired) electrons. The minimum atomic E-state index is -3.68. The molecule has 1 amide bonds. The second kappa shape index (κ2) is 7.64. The molecule has 9 nitrogen and oxygen atoms in total. The Morgan fingerprint density at radius 3 is 2.63 bits per heavy atom. The Hall–Kier alpha value is -3.11. The summed E-state index contributed by atoms with van der Waals surface area (Å²) in [6.07, 6.45) is 4.48. The predicted molar refractivity (Wildman–Crippen MR) is 99.0 cm³/mol. The van der Waals surface area contributed by atoms with Crippen LogP contribution < -0.4 is 10.0 Å². The SMILES string of the molecule is CC(C)NS(=O)(=O)c1cccc(C(=O)Nc2ccc(-n3cncn3)cn2)c1. The molecule has 0 aliphatic heterocycles. The van der Waals surface area contributed by atoms with E-state index in [1.807, 2.05) is 0 Å². The summed E-state index contributed by atoms with van der Waals surface area (Å²) >= 11 is 0. The molecule has 10 heteroatoms. The van der Waals surface area contributed by atoms with E-state index >= 15 is 0 Å². The van der Waals surface area contributed by atoms with Crippen molar-refractivity contribution in [1.82, 2.24) is 24.5 Å². The molecule has 0 spiro atoms. The average molecular weight is 386 g/mol.